The number of aromatic nitrogens is 3. The van der Waals surface area contributed by atoms with Crippen molar-refractivity contribution in [2.75, 3.05) is 7.11 Å². The van der Waals surface area contributed by atoms with Gasteiger partial charge in [-0.15, -0.1) is 0 Å². The van der Waals surface area contributed by atoms with Gasteiger partial charge in [-0.3, -0.25) is 18.7 Å². The Kier molecular flexibility index (Phi) is 5.30. The van der Waals surface area contributed by atoms with Gasteiger partial charge in [0.2, 0.25) is 0 Å². The topological polar surface area (TPSA) is 95.2 Å². The minimum Gasteiger partial charge on any atom is -0.497 e. The fraction of sp³-hybridized carbons (Fsp3) is 0.300. The summed E-state index contributed by atoms with van der Waals surface area (Å²) in [5.74, 6) is 0.401. The fourth-order valence-electron chi connectivity index (χ4n) is 3.09. The monoisotopic (exact) mass is 382 g/mol. The van der Waals surface area contributed by atoms with Crippen LogP contribution in [0.1, 0.15) is 35.3 Å². The summed E-state index contributed by atoms with van der Waals surface area (Å²) >= 11 is 0. The Labute approximate surface area is 161 Å². The molecule has 1 aromatic carbocycles. The average Bonchev–Trinajstić information content (AvgIpc) is 2.74. The van der Waals surface area contributed by atoms with Gasteiger partial charge >= 0.3 is 5.69 Å². The summed E-state index contributed by atoms with van der Waals surface area (Å²) in [6.07, 6.45) is 2.06. The maximum atomic E-state index is 12.7. The van der Waals surface area contributed by atoms with Crippen molar-refractivity contribution in [2.45, 2.75) is 19.4 Å². The zero-order valence-electron chi connectivity index (χ0n) is 16.2. The van der Waals surface area contributed by atoms with Crippen LogP contribution in [0.5, 0.6) is 5.75 Å². The van der Waals surface area contributed by atoms with Crippen LogP contribution >= 0.6 is 0 Å². The van der Waals surface area contributed by atoms with Gasteiger partial charge in [0.25, 0.3) is 11.5 Å². The standard InChI is InChI=1S/C20H22N4O4/c1-5-16(12-6-8-14(28-4)9-7-12)22-18(25)13-10-15-17(21-11-13)23(2)20(27)24(3)19(15)26/h6-11,16H,5H2,1-4H3,(H,22,25)/t16-/m0/s1. The van der Waals surface area contributed by atoms with Gasteiger partial charge in [0.1, 0.15) is 11.4 Å². The number of hydrogen-bond acceptors (Lipinski definition) is 5. The van der Waals surface area contributed by atoms with E-state index in [0.29, 0.717) is 6.42 Å². The van der Waals surface area contributed by atoms with Gasteiger partial charge in [0.15, 0.2) is 0 Å². The van der Waals surface area contributed by atoms with E-state index in [2.05, 4.69) is 10.3 Å². The molecular formula is C20H22N4O4. The molecule has 0 spiro atoms. The minimum absolute atomic E-state index is 0.197. The molecule has 146 valence electrons. The number of carbonyl (C=O) groups is 1. The van der Waals surface area contributed by atoms with E-state index in [4.69, 9.17) is 4.74 Å². The van der Waals surface area contributed by atoms with Gasteiger partial charge in [-0.2, -0.15) is 0 Å². The average molecular weight is 382 g/mol. The van der Waals surface area contributed by atoms with E-state index in [9.17, 15) is 14.4 Å². The van der Waals surface area contributed by atoms with Crippen molar-refractivity contribution in [3.8, 4) is 5.75 Å². The third kappa shape index (κ3) is 3.40. The number of ether oxygens (including phenoxy) is 1. The zero-order chi connectivity index (χ0) is 20.4. The Morgan fingerprint density at radius 3 is 2.46 bits per heavy atom. The zero-order valence-corrected chi connectivity index (χ0v) is 16.2. The molecule has 0 saturated heterocycles. The van der Waals surface area contributed by atoms with Crippen LogP contribution in [0.2, 0.25) is 0 Å². The molecule has 0 aliphatic carbocycles. The molecule has 0 fully saturated rings. The van der Waals surface area contributed by atoms with Crippen LogP contribution in [0.15, 0.2) is 46.1 Å². The van der Waals surface area contributed by atoms with Crippen molar-refractivity contribution < 1.29 is 9.53 Å². The fourth-order valence-corrected chi connectivity index (χ4v) is 3.09. The highest BCUT2D eigenvalue weighted by molar-refractivity contribution is 5.96. The molecule has 8 heteroatoms. The first-order chi connectivity index (χ1) is 13.4. The van der Waals surface area contributed by atoms with Crippen LogP contribution in [-0.2, 0) is 14.1 Å². The van der Waals surface area contributed by atoms with Crippen LogP contribution in [-0.4, -0.2) is 27.1 Å². The van der Waals surface area contributed by atoms with E-state index >= 15 is 0 Å². The number of nitrogens with one attached hydrogen (secondary N) is 1. The molecule has 28 heavy (non-hydrogen) atoms. The summed E-state index contributed by atoms with van der Waals surface area (Å²) in [6, 6.07) is 8.75. The summed E-state index contributed by atoms with van der Waals surface area (Å²) in [6.45, 7) is 1.97. The second-order valence-electron chi connectivity index (χ2n) is 6.51. The molecule has 0 aliphatic heterocycles. The van der Waals surface area contributed by atoms with Crippen molar-refractivity contribution in [3.05, 3.63) is 68.5 Å². The third-order valence-corrected chi connectivity index (χ3v) is 4.79. The summed E-state index contributed by atoms with van der Waals surface area (Å²) in [5.41, 5.74) is 0.501. The van der Waals surface area contributed by atoms with Gasteiger partial charge in [-0.25, -0.2) is 9.78 Å². The minimum atomic E-state index is -0.484. The van der Waals surface area contributed by atoms with Crippen molar-refractivity contribution in [1.82, 2.24) is 19.4 Å². The SMILES string of the molecule is CC[C@H](NC(=O)c1cnc2c(c1)c(=O)n(C)c(=O)n2C)c1ccc(OC)cc1. The molecule has 1 N–H and O–H groups in total. The highest BCUT2D eigenvalue weighted by Gasteiger charge is 2.17. The molecule has 1 amide bonds. The first-order valence-electron chi connectivity index (χ1n) is 8.88. The first kappa shape index (κ1) is 19.3. The molecule has 2 heterocycles. The molecule has 0 bridgehead atoms. The lowest BCUT2D eigenvalue weighted by molar-refractivity contribution is 0.0935. The highest BCUT2D eigenvalue weighted by atomic mass is 16.5. The van der Waals surface area contributed by atoms with Crippen LogP contribution in [0, 0.1) is 0 Å². The van der Waals surface area contributed by atoms with Crippen molar-refractivity contribution >= 4 is 16.9 Å². The van der Waals surface area contributed by atoms with Gasteiger partial charge in [0.05, 0.1) is 24.1 Å². The lowest BCUT2D eigenvalue weighted by Gasteiger charge is -2.18. The van der Waals surface area contributed by atoms with Gasteiger partial charge in [-0.1, -0.05) is 19.1 Å². The molecule has 0 unspecified atom stereocenters. The smallest absolute Gasteiger partial charge is 0.332 e. The van der Waals surface area contributed by atoms with E-state index in [1.54, 1.807) is 7.11 Å². The summed E-state index contributed by atoms with van der Waals surface area (Å²) in [7, 11) is 4.53. The Hall–Kier alpha value is -3.42. The molecule has 3 rings (SSSR count). The molecule has 0 radical (unpaired) electrons. The van der Waals surface area contributed by atoms with Crippen molar-refractivity contribution in [2.24, 2.45) is 14.1 Å². The van der Waals surface area contributed by atoms with Crippen molar-refractivity contribution in [3.63, 3.8) is 0 Å². The first-order valence-corrected chi connectivity index (χ1v) is 8.88. The number of rotatable bonds is 5. The van der Waals surface area contributed by atoms with Gasteiger partial charge < -0.3 is 10.1 Å². The largest absolute Gasteiger partial charge is 0.497 e. The Balaban J connectivity index is 1.94. The van der Waals surface area contributed by atoms with Gasteiger partial charge in [0, 0.05) is 20.3 Å². The van der Waals surface area contributed by atoms with Crippen LogP contribution in [0.25, 0.3) is 11.0 Å². The van der Waals surface area contributed by atoms with E-state index < -0.39 is 11.2 Å². The summed E-state index contributed by atoms with van der Waals surface area (Å²) < 4.78 is 7.44. The second kappa shape index (κ2) is 7.67. The highest BCUT2D eigenvalue weighted by Crippen LogP contribution is 2.20. The summed E-state index contributed by atoms with van der Waals surface area (Å²) in [4.78, 5) is 41.3. The Morgan fingerprint density at radius 1 is 1.18 bits per heavy atom. The van der Waals surface area contributed by atoms with Crippen LogP contribution in [0.4, 0.5) is 0 Å². The maximum absolute atomic E-state index is 12.7. The maximum Gasteiger partial charge on any atom is 0.332 e. The molecule has 0 saturated carbocycles. The van der Waals surface area contributed by atoms with Crippen molar-refractivity contribution in [1.29, 1.82) is 0 Å². The number of pyridine rings is 1. The number of methoxy groups -OCH3 is 1. The number of amides is 1. The van der Waals surface area contributed by atoms with Gasteiger partial charge in [-0.05, 0) is 30.2 Å². The quantitative estimate of drug-likeness (QED) is 0.722. The Morgan fingerprint density at radius 2 is 1.86 bits per heavy atom. The lowest BCUT2D eigenvalue weighted by Crippen LogP contribution is -2.37. The molecule has 2 aromatic heterocycles. The third-order valence-electron chi connectivity index (χ3n) is 4.79. The molecular weight excluding hydrogens is 360 g/mol. The number of benzene rings is 1. The molecule has 1 atom stereocenters. The van der Waals surface area contributed by atoms with E-state index in [1.165, 1.54) is 30.9 Å². The molecule has 3 aromatic rings. The van der Waals surface area contributed by atoms with E-state index in [-0.39, 0.29) is 28.5 Å². The van der Waals surface area contributed by atoms with E-state index in [0.717, 1.165) is 15.9 Å². The molecule has 0 aliphatic rings. The predicted molar refractivity (Wildman–Crippen MR) is 106 cm³/mol. The van der Waals surface area contributed by atoms with Crippen LogP contribution in [0.3, 0.4) is 0 Å². The summed E-state index contributed by atoms with van der Waals surface area (Å²) in [5, 5.41) is 3.18. The normalized spacial score (nSPS) is 12.0. The molecule has 8 nitrogen and oxygen atoms in total. The second-order valence-corrected chi connectivity index (χ2v) is 6.51. The number of hydrogen-bond donors (Lipinski definition) is 1. The Bertz CT molecular complexity index is 1150. The number of fused-ring (bicyclic) bond motifs is 1. The number of nitrogens with zero attached hydrogens (tertiary/aromatic N) is 3. The number of carbonyl (C=O) groups excluding carboxylic acids is 1. The van der Waals surface area contributed by atoms with Crippen LogP contribution < -0.4 is 21.3 Å². The predicted octanol–water partition coefficient (Wildman–Crippen LogP) is 1.52. The number of aryl methyl sites for hydroxylation is 1. The van der Waals surface area contributed by atoms with E-state index in [1.807, 2.05) is 31.2 Å². The lowest BCUT2D eigenvalue weighted by atomic mass is 10.0.